The van der Waals surface area contributed by atoms with Crippen LogP contribution in [0.15, 0.2) is 207 Å². The van der Waals surface area contributed by atoms with Gasteiger partial charge in [-0.1, -0.05) is 170 Å². The van der Waals surface area contributed by atoms with E-state index < -0.39 is 66.0 Å². The van der Waals surface area contributed by atoms with Crippen LogP contribution in [0.3, 0.4) is 0 Å². The van der Waals surface area contributed by atoms with Crippen LogP contribution in [0.1, 0.15) is 148 Å². The first-order valence-electron chi connectivity index (χ1n) is 39.2. The molecule has 0 bridgehead atoms. The molecule has 9 heterocycles. The molecule has 9 aromatic rings. The number of hydrogen-bond acceptors (Lipinski definition) is 20. The molecule has 5 aromatic heterocycles. The van der Waals surface area contributed by atoms with Crippen LogP contribution in [-0.2, 0) is 68.6 Å². The summed E-state index contributed by atoms with van der Waals surface area (Å²) < 4.78 is 116. The zero-order valence-corrected chi connectivity index (χ0v) is 68.8. The van der Waals surface area contributed by atoms with Crippen LogP contribution in [-0.4, -0.2) is 202 Å². The van der Waals surface area contributed by atoms with Crippen molar-refractivity contribution in [3.8, 4) is 10.7 Å². The van der Waals surface area contributed by atoms with E-state index in [2.05, 4.69) is 30.6 Å². The van der Waals surface area contributed by atoms with Gasteiger partial charge in [-0.25, -0.2) is 24.4 Å². The molecule has 8 N–H and O–H groups in total. The Morgan fingerprint density at radius 3 is 1.07 bits per heavy atom. The molecule has 122 heavy (non-hydrogen) atoms. The van der Waals surface area contributed by atoms with E-state index in [4.69, 9.17) is 15.3 Å². The maximum Gasteiger partial charge on any atom is 0.365 e. The van der Waals surface area contributed by atoms with Crippen molar-refractivity contribution in [3.63, 3.8) is 0 Å². The van der Waals surface area contributed by atoms with Gasteiger partial charge in [0, 0.05) is 101 Å². The fourth-order valence-electron chi connectivity index (χ4n) is 14.0. The second-order valence-corrected chi connectivity index (χ2v) is 33.5. The summed E-state index contributed by atoms with van der Waals surface area (Å²) in [6.07, 6.45) is 13.6. The second kappa shape index (κ2) is 43.8. The number of nitrogens with one attached hydrogen (secondary N) is 1. The van der Waals surface area contributed by atoms with Crippen molar-refractivity contribution in [1.29, 1.82) is 0 Å². The number of alkyl halides is 8. The summed E-state index contributed by atoms with van der Waals surface area (Å²) in [5.74, 6) is -16.4. The molecule has 4 aliphatic heterocycles. The van der Waals surface area contributed by atoms with Gasteiger partial charge in [-0.3, -0.25) is 19.2 Å². The number of nitrogens with zero attached hydrogens (tertiary/aromatic N) is 9. The number of aromatic nitrogens is 6. The molecule has 4 amide bonds. The molecule has 4 aromatic carbocycles. The highest BCUT2D eigenvalue weighted by atomic mass is 32.1. The molecule has 13 rings (SSSR count). The second-order valence-electron chi connectivity index (χ2n) is 28.9. The van der Waals surface area contributed by atoms with Gasteiger partial charge in [0.05, 0.1) is 40.2 Å². The topological polar surface area (TPSA) is 354 Å². The van der Waals surface area contributed by atoms with E-state index >= 15 is 0 Å². The first kappa shape index (κ1) is 93.4. The Labute approximate surface area is 712 Å². The van der Waals surface area contributed by atoms with E-state index in [0.29, 0.717) is 127 Å². The maximum atomic E-state index is 14.5. The summed E-state index contributed by atoms with van der Waals surface area (Å²) in [6.45, 7) is 1.79. The lowest BCUT2D eigenvalue weighted by Crippen LogP contribution is -2.34. The summed E-state index contributed by atoms with van der Waals surface area (Å²) >= 11 is 4.97. The number of aliphatic hydroxyl groups excluding tert-OH is 4. The molecule has 4 fully saturated rings. The number of tetrazole rings is 1. The molecule has 4 saturated heterocycles. The van der Waals surface area contributed by atoms with Gasteiger partial charge >= 0.3 is 41.6 Å². The predicted octanol–water partition coefficient (Wildman–Crippen LogP) is 14.6. The van der Waals surface area contributed by atoms with Crippen LogP contribution < -0.4 is 0 Å². The lowest BCUT2D eigenvalue weighted by molar-refractivity contribution is -0.129. The Bertz CT molecular complexity index is 4690. The van der Waals surface area contributed by atoms with Gasteiger partial charge in [-0.05, 0) is 100 Å². The number of aromatic amines is 1. The van der Waals surface area contributed by atoms with Crippen LogP contribution in [0.5, 0.6) is 0 Å². The van der Waals surface area contributed by atoms with Crippen molar-refractivity contribution in [2.75, 3.05) is 26.2 Å². The van der Waals surface area contributed by atoms with Gasteiger partial charge in [0.2, 0.25) is 34.5 Å². The number of amides is 4. The monoisotopic (exact) mass is 1770 g/mol. The number of thiophene rings is 2. The molecule has 0 radical (unpaired) electrons. The largest absolute Gasteiger partial charge is 0.477 e. The third-order valence-corrected chi connectivity index (χ3v) is 24.9. The highest BCUT2D eigenvalue weighted by Gasteiger charge is 2.44. The molecule has 0 saturated carbocycles. The third kappa shape index (κ3) is 25.4. The Hall–Kier alpha value is -10.9. The van der Waals surface area contributed by atoms with Gasteiger partial charge in [-0.2, -0.15) is 40.3 Å². The number of carbonyl (C=O) groups is 7. The molecule has 0 aliphatic carbocycles. The van der Waals surface area contributed by atoms with Crippen LogP contribution >= 0.6 is 45.3 Å². The van der Waals surface area contributed by atoms with E-state index in [1.165, 1.54) is 145 Å². The fourth-order valence-corrected chi connectivity index (χ4v) is 17.4. The zero-order chi connectivity index (χ0) is 87.7. The Kier molecular flexibility index (Phi) is 33.5. The molecule has 4 unspecified atom stereocenters. The van der Waals surface area contributed by atoms with Gasteiger partial charge in [-0.15, -0.1) is 55.5 Å². The number of rotatable bonds is 36. The number of benzene rings is 4. The first-order valence-corrected chi connectivity index (χ1v) is 42.5. The smallest absolute Gasteiger partial charge is 0.365 e. The van der Waals surface area contributed by atoms with E-state index in [1.54, 1.807) is 67.3 Å². The standard InChI is InChI=1S/C22H23F2N5O2S.C22H23F2NO4S.2C21H22F2N2O4S/c23-22(24,15-5-2-1-3-6-15)19(30)12-8-16-9-13-20(31)29(16)14-4-7-17-10-11-18(32-17)21-25-27-28-26-21;23-22(24,15-5-2-1-3-6-15)19(26)12-8-16-9-13-20(27)25(16)14-4-7-17-10-11-18(30-17)21(28)29;22-21(23,14-5-2-1-3-6-14)17(26)10-8-15-9-11-19(27)25(15)12-4-7-18-24-13-16(30-18)20(28)29;22-21(23,14-5-2-1-3-6-14)17(26)10-8-15-9-11-18(27)25(15)12-4-7-16-13-24-19(30-16)20(28)29/h1-3,5-6,8,10-12,16,19,30H,4,7,9,13-14H2,(H,25,26,27,28);1-3,5-6,8,10-12,16,19,26H,4,7,9,13-14H2,(H,28,29);2*1-3,5-6,8,10,13,15,17,26H,4,7,9,11-12H2,(H,28,29)/b2*12-8+;2*10-8+/t2*16-,19?;2*15-,17?/m0000/s1. The van der Waals surface area contributed by atoms with Gasteiger partial charge < -0.3 is 55.3 Å². The van der Waals surface area contributed by atoms with Crippen LogP contribution in [0.25, 0.3) is 10.7 Å². The molecule has 8 atom stereocenters. The number of aliphatic hydroxyl groups is 4. The lowest BCUT2D eigenvalue weighted by Gasteiger charge is -2.24. The molecular weight excluding hydrogens is 1680 g/mol. The third-order valence-electron chi connectivity index (χ3n) is 20.5. The Balaban J connectivity index is 0.000000171. The van der Waals surface area contributed by atoms with E-state index in [1.807, 2.05) is 12.1 Å². The van der Waals surface area contributed by atoms with Crippen molar-refractivity contribution in [1.82, 2.24) is 50.2 Å². The number of halogens is 8. The first-order chi connectivity index (χ1) is 58.3. The van der Waals surface area contributed by atoms with Crippen molar-refractivity contribution in [2.45, 2.75) is 175 Å². The number of likely N-dealkylation sites (tertiary alicyclic amines) is 4. The van der Waals surface area contributed by atoms with Crippen molar-refractivity contribution >= 4 is 86.9 Å². The zero-order valence-electron chi connectivity index (χ0n) is 65.6. The normalized spacial score (nSPS) is 18.2. The van der Waals surface area contributed by atoms with Gasteiger partial charge in [0.15, 0.2) is 0 Å². The number of thiazole rings is 2. The lowest BCUT2D eigenvalue weighted by atomic mass is 10.0. The minimum atomic E-state index is -3.43. The summed E-state index contributed by atoms with van der Waals surface area (Å²) in [7, 11) is 0. The maximum absolute atomic E-state index is 14.5. The molecule has 4 aliphatic rings. The summed E-state index contributed by atoms with van der Waals surface area (Å²) in [5, 5.41) is 81.6. The summed E-state index contributed by atoms with van der Waals surface area (Å²) in [6, 6.07) is 34.5. The van der Waals surface area contributed by atoms with Crippen LogP contribution in [0.4, 0.5) is 35.1 Å². The minimum Gasteiger partial charge on any atom is -0.477 e. The number of carboxylic acid groups (broad SMARTS) is 3. The average molecular weight is 1770 g/mol. The molecule has 0 spiro atoms. The van der Waals surface area contributed by atoms with Crippen molar-refractivity contribution in [2.24, 2.45) is 0 Å². The Morgan fingerprint density at radius 1 is 0.410 bits per heavy atom. The summed E-state index contributed by atoms with van der Waals surface area (Å²) in [4.78, 5) is 100. The highest BCUT2D eigenvalue weighted by Crippen LogP contribution is 2.38. The van der Waals surface area contributed by atoms with Gasteiger partial charge in [0.25, 0.3) is 0 Å². The number of aryl methyl sites for hydroxylation is 4. The van der Waals surface area contributed by atoms with Crippen molar-refractivity contribution < 1.29 is 104 Å². The number of carbonyl (C=O) groups excluding carboxylic acids is 4. The fraction of sp³-hybridized carbons (Fsp3) is 0.372. The summed E-state index contributed by atoms with van der Waals surface area (Å²) in [5.41, 5.74) is -1.05. The van der Waals surface area contributed by atoms with Crippen LogP contribution in [0.2, 0.25) is 0 Å². The quantitative estimate of drug-likeness (QED) is 0.0134. The molecule has 36 heteroatoms. The SMILES string of the molecule is O=C(O)c1ccc(CCCN2C(=O)CC[C@@H]2/C=C/C(O)C(F)(F)c2ccccc2)s1.O=C(O)c1cnc(CCCN2C(=O)CC[C@@H]2/C=C/C(O)C(F)(F)c2ccccc2)s1.O=C(O)c1ncc(CCCN2C(=O)CC[C@@H]2/C=C/C(O)C(F)(F)c2ccccc2)s1.O=C1CC[C@H](/C=C/C(O)C(F)(F)c2ccccc2)N1CCCc1ccc(-c2nn[nH]n2)s1. The predicted molar refractivity (Wildman–Crippen MR) is 441 cm³/mol. The number of hydrogen-bond donors (Lipinski definition) is 8. The van der Waals surface area contributed by atoms with Crippen molar-refractivity contribution in [3.05, 3.63) is 263 Å². The molecule has 24 nitrogen and oxygen atoms in total. The molecule has 648 valence electrons. The number of aromatic carboxylic acids is 3. The van der Waals surface area contributed by atoms with Gasteiger partial charge in [0.1, 0.15) is 34.2 Å². The number of carboxylic acids is 3. The van der Waals surface area contributed by atoms with E-state index in [-0.39, 0.29) is 84.8 Å². The highest BCUT2D eigenvalue weighted by molar-refractivity contribution is 7.15. The molecular formula is C86H90F8N10O14S4. The average Bonchev–Trinajstić information content (AvgIpc) is 1.59. The number of H-pyrrole nitrogens is 1. The van der Waals surface area contributed by atoms with E-state index in [9.17, 15) is 89.1 Å². The Morgan fingerprint density at radius 2 is 0.754 bits per heavy atom. The van der Waals surface area contributed by atoms with Crippen LogP contribution in [0, 0.1) is 0 Å². The van der Waals surface area contributed by atoms with E-state index in [0.717, 1.165) is 79.3 Å². The minimum absolute atomic E-state index is 0.00243.